The first kappa shape index (κ1) is 23.5. The van der Waals surface area contributed by atoms with Gasteiger partial charge in [-0.1, -0.05) is 17.7 Å². The first-order chi connectivity index (χ1) is 15.9. The molecule has 0 bridgehead atoms. The molecular formula is C27H29AsN4S. The van der Waals surface area contributed by atoms with Crippen LogP contribution in [0.15, 0.2) is 54.7 Å². The zero-order valence-corrected chi connectivity index (χ0v) is 22.3. The van der Waals surface area contributed by atoms with E-state index < -0.39 is 14.7 Å². The summed E-state index contributed by atoms with van der Waals surface area (Å²) in [5.74, 6) is 0. The van der Waals surface area contributed by atoms with Crippen LogP contribution in [0.5, 0.6) is 0 Å². The number of thiophene rings is 1. The van der Waals surface area contributed by atoms with E-state index in [0.29, 0.717) is 5.56 Å². The fourth-order valence-electron chi connectivity index (χ4n) is 3.80. The van der Waals surface area contributed by atoms with Gasteiger partial charge in [0, 0.05) is 5.69 Å². The summed E-state index contributed by atoms with van der Waals surface area (Å²) < 4.78 is 0. The molecule has 0 atom stereocenters. The summed E-state index contributed by atoms with van der Waals surface area (Å²) in [6, 6.07) is 19.3. The van der Waals surface area contributed by atoms with Crippen molar-refractivity contribution in [2.75, 3.05) is 11.9 Å². The summed E-state index contributed by atoms with van der Waals surface area (Å²) in [4.78, 5) is 7.18. The number of rotatable bonds is 8. The van der Waals surface area contributed by atoms with Crippen molar-refractivity contribution in [2.45, 2.75) is 37.0 Å². The first-order valence-corrected chi connectivity index (χ1v) is 17.0. The second-order valence-electron chi connectivity index (χ2n) is 8.58. The van der Waals surface area contributed by atoms with Crippen LogP contribution in [0.1, 0.15) is 21.6 Å². The van der Waals surface area contributed by atoms with Crippen molar-refractivity contribution >= 4 is 48.3 Å². The van der Waals surface area contributed by atoms with Crippen LogP contribution in [-0.2, 0) is 6.54 Å². The number of nitriles is 1. The summed E-state index contributed by atoms with van der Waals surface area (Å²) in [5, 5.41) is 19.1. The molecular weight excluding hydrogens is 487 g/mol. The fourth-order valence-corrected chi connectivity index (χ4v) is 6.04. The Morgan fingerprint density at radius 1 is 1.06 bits per heavy atom. The van der Waals surface area contributed by atoms with Gasteiger partial charge in [0.2, 0.25) is 0 Å². The van der Waals surface area contributed by atoms with E-state index >= 15 is 0 Å². The van der Waals surface area contributed by atoms with E-state index in [9.17, 15) is 5.26 Å². The number of anilines is 2. The van der Waals surface area contributed by atoms with E-state index in [1.165, 1.54) is 20.5 Å². The molecule has 0 saturated heterocycles. The smallest absolute Gasteiger partial charge is 0.0273 e. The number of aromatic nitrogens is 1. The minimum absolute atomic E-state index is 0.546. The molecule has 0 aliphatic heterocycles. The number of fused-ring (bicyclic) bond motifs is 1. The summed E-state index contributed by atoms with van der Waals surface area (Å²) >= 11 is 1.27. The number of hydrogen-bond donors (Lipinski definition) is 2. The third-order valence-corrected chi connectivity index (χ3v) is 9.09. The first-order valence-electron chi connectivity index (χ1n) is 11.1. The SMILES string of the molecule is Cc1ccc(Nc2c(C#N)cnc3cc(-c4ccc(CNCC[As](C)C)s4)ccc23)c(C)c1. The Kier molecular flexibility index (Phi) is 7.50. The molecule has 4 rings (SSSR count). The van der Waals surface area contributed by atoms with Crippen LogP contribution in [0, 0.1) is 25.2 Å². The van der Waals surface area contributed by atoms with Gasteiger partial charge in [-0.3, -0.25) is 0 Å². The second kappa shape index (κ2) is 10.5. The largest absolute Gasteiger partial charge is 0.0543 e. The maximum absolute atomic E-state index is 9.69. The Hall–Kier alpha value is -2.64. The number of nitrogens with one attached hydrogen (secondary N) is 2. The molecule has 0 saturated carbocycles. The van der Waals surface area contributed by atoms with Crippen molar-refractivity contribution in [1.82, 2.24) is 10.3 Å². The van der Waals surface area contributed by atoms with Crippen LogP contribution in [0.4, 0.5) is 11.4 Å². The van der Waals surface area contributed by atoms with Gasteiger partial charge >= 0.3 is 134 Å². The zero-order chi connectivity index (χ0) is 23.4. The molecule has 0 radical (unpaired) electrons. The molecule has 4 nitrogen and oxygen atoms in total. The van der Waals surface area contributed by atoms with Gasteiger partial charge in [0.1, 0.15) is 6.07 Å². The summed E-state index contributed by atoms with van der Waals surface area (Å²) in [6.07, 6.45) is 1.67. The van der Waals surface area contributed by atoms with Gasteiger partial charge in [-0.05, 0) is 25.5 Å². The predicted octanol–water partition coefficient (Wildman–Crippen LogP) is 7.04. The Bertz CT molecular complexity index is 1320. The average molecular weight is 517 g/mol. The van der Waals surface area contributed by atoms with Gasteiger partial charge < -0.3 is 5.32 Å². The Morgan fingerprint density at radius 2 is 1.91 bits per heavy atom. The van der Waals surface area contributed by atoms with Crippen molar-refractivity contribution in [1.29, 1.82) is 5.26 Å². The molecule has 2 aromatic carbocycles. The van der Waals surface area contributed by atoms with Crippen LogP contribution in [0.25, 0.3) is 21.3 Å². The van der Waals surface area contributed by atoms with Crippen molar-refractivity contribution in [3.05, 3.63) is 76.3 Å². The number of nitrogens with zero attached hydrogens (tertiary/aromatic N) is 2. The third kappa shape index (κ3) is 5.65. The topological polar surface area (TPSA) is 60.7 Å². The molecule has 2 aromatic heterocycles. The second-order valence-corrected chi connectivity index (χ2v) is 15.2. The van der Waals surface area contributed by atoms with Crippen LogP contribution in [0.3, 0.4) is 0 Å². The summed E-state index contributed by atoms with van der Waals surface area (Å²) in [5.41, 5.74) is 11.6. The molecule has 0 aliphatic rings. The maximum atomic E-state index is 9.69. The van der Waals surface area contributed by atoms with Crippen LogP contribution in [0.2, 0.25) is 16.6 Å². The maximum Gasteiger partial charge on any atom is -0.0273 e. The normalized spacial score (nSPS) is 11.2. The van der Waals surface area contributed by atoms with Crippen LogP contribution < -0.4 is 10.6 Å². The molecule has 2 N–H and O–H groups in total. The van der Waals surface area contributed by atoms with Crippen LogP contribution in [-0.4, -0.2) is 26.2 Å². The monoisotopic (exact) mass is 516 g/mol. The minimum atomic E-state index is -0.555. The summed E-state index contributed by atoms with van der Waals surface area (Å²) in [7, 11) is 0. The molecule has 0 amide bonds. The molecule has 0 aliphatic carbocycles. The van der Waals surface area contributed by atoms with Gasteiger partial charge in [-0.25, -0.2) is 0 Å². The zero-order valence-electron chi connectivity index (χ0n) is 19.6. The van der Waals surface area contributed by atoms with Gasteiger partial charge in [-0.2, -0.15) is 5.26 Å². The molecule has 0 spiro atoms. The summed E-state index contributed by atoms with van der Waals surface area (Å²) in [6.45, 7) is 6.20. The van der Waals surface area contributed by atoms with Gasteiger partial charge in [0.15, 0.2) is 0 Å². The van der Waals surface area contributed by atoms with E-state index in [2.05, 4.69) is 95.5 Å². The van der Waals surface area contributed by atoms with E-state index in [-0.39, 0.29) is 0 Å². The standard InChI is InChI=1S/C27H29AsN4S/c1-18-5-9-24(19(2)13-18)32-27-21(15-29)16-31-25-14-20(6-8-23(25)27)26-10-7-22(33-26)17-30-12-11-28(3)4/h5-10,13-14,16,30H,11-12,17H2,1-4H3,(H,31,32). The molecule has 0 unspecified atom stereocenters. The molecule has 0 fully saturated rings. The van der Waals surface area contributed by atoms with E-state index in [1.54, 1.807) is 6.20 Å². The number of pyridine rings is 1. The van der Waals surface area contributed by atoms with Crippen molar-refractivity contribution in [3.8, 4) is 16.5 Å². The van der Waals surface area contributed by atoms with Crippen molar-refractivity contribution < 1.29 is 0 Å². The van der Waals surface area contributed by atoms with Gasteiger partial charge in [0.05, 0.1) is 5.56 Å². The quantitative estimate of drug-likeness (QED) is 0.195. The van der Waals surface area contributed by atoms with Crippen LogP contribution >= 0.6 is 11.3 Å². The van der Waals surface area contributed by atoms with E-state index in [1.807, 2.05) is 11.3 Å². The Balaban J connectivity index is 1.61. The van der Waals surface area contributed by atoms with E-state index in [4.69, 9.17) is 0 Å². The Morgan fingerprint density at radius 3 is 2.67 bits per heavy atom. The molecule has 2 heterocycles. The number of benzene rings is 2. The predicted molar refractivity (Wildman–Crippen MR) is 143 cm³/mol. The number of aryl methyl sites for hydroxylation is 2. The molecule has 6 heteroatoms. The molecule has 33 heavy (non-hydrogen) atoms. The number of hydrogen-bond acceptors (Lipinski definition) is 5. The van der Waals surface area contributed by atoms with Crippen molar-refractivity contribution in [2.24, 2.45) is 0 Å². The van der Waals surface area contributed by atoms with E-state index in [0.717, 1.165) is 46.5 Å². The minimum Gasteiger partial charge on any atom is -0.0543 e. The van der Waals surface area contributed by atoms with Crippen molar-refractivity contribution in [3.63, 3.8) is 0 Å². The molecule has 4 aromatic rings. The molecule has 168 valence electrons. The third-order valence-electron chi connectivity index (χ3n) is 5.61. The average Bonchev–Trinajstić information content (AvgIpc) is 3.27. The van der Waals surface area contributed by atoms with Gasteiger partial charge in [0.25, 0.3) is 0 Å². The fraction of sp³-hybridized carbons (Fsp3) is 0.259. The van der Waals surface area contributed by atoms with Gasteiger partial charge in [-0.15, -0.1) is 0 Å². The Labute approximate surface area is 204 Å².